The molecule has 0 unspecified atom stereocenters. The van der Waals surface area contributed by atoms with Crippen LogP contribution in [0.1, 0.15) is 59.8 Å². The Kier molecular flexibility index (Phi) is 6.97. The fraction of sp³-hybridized carbons (Fsp3) is 0.407. The lowest BCUT2D eigenvalue weighted by atomic mass is 10.0. The highest BCUT2D eigenvalue weighted by Crippen LogP contribution is 2.47. The van der Waals surface area contributed by atoms with Gasteiger partial charge in [-0.15, -0.1) is 0 Å². The predicted molar refractivity (Wildman–Crippen MR) is 131 cm³/mol. The van der Waals surface area contributed by atoms with Gasteiger partial charge in [-0.05, 0) is 37.6 Å². The molecule has 3 rings (SSSR count). The van der Waals surface area contributed by atoms with Crippen LogP contribution in [0.4, 0.5) is 0 Å². The monoisotopic (exact) mass is 403 g/mol. The average Bonchev–Trinajstić information content (AvgIpc) is 3.20. The molecule has 1 N–H and O–H groups in total. The van der Waals surface area contributed by atoms with E-state index in [9.17, 15) is 0 Å². The minimum absolute atomic E-state index is 0.0125. The molecule has 0 radical (unpaired) electrons. The van der Waals surface area contributed by atoms with E-state index in [-0.39, 0.29) is 10.6 Å². The topological polar surface area (TPSA) is 12.0 Å². The molecule has 0 saturated carbocycles. The molecule has 29 heavy (non-hydrogen) atoms. The Morgan fingerprint density at radius 2 is 1.28 bits per heavy atom. The van der Waals surface area contributed by atoms with E-state index in [0.29, 0.717) is 0 Å². The summed E-state index contributed by atoms with van der Waals surface area (Å²) in [5.74, 6) is 0. The summed E-state index contributed by atoms with van der Waals surface area (Å²) in [6, 6.07) is 22.5. The summed E-state index contributed by atoms with van der Waals surface area (Å²) in [7, 11) is -2.38. The molecule has 0 fully saturated rings. The SMILES string of the molecule is CCCCCCC1([Si](NC(C)(C)C)(c2ccccc2)c2ccccc2)C=CC=C1. The summed E-state index contributed by atoms with van der Waals surface area (Å²) in [6.07, 6.45) is 15.9. The zero-order valence-electron chi connectivity index (χ0n) is 18.6. The second-order valence-corrected chi connectivity index (χ2v) is 13.3. The standard InChI is InChI=1S/C27H37NSi/c1-5-6-7-14-21-27(22-15-16-23-27)29(28-26(2,3)4,24-17-10-8-11-18-24)25-19-12-9-13-20-25/h8-13,15-20,22-23,28H,5-7,14,21H2,1-4H3. The second-order valence-electron chi connectivity index (χ2n) is 9.43. The fourth-order valence-corrected chi connectivity index (χ4v) is 10.5. The Morgan fingerprint density at radius 3 is 1.72 bits per heavy atom. The highest BCUT2D eigenvalue weighted by molar-refractivity contribution is 7.03. The van der Waals surface area contributed by atoms with Crippen molar-refractivity contribution >= 4 is 18.6 Å². The van der Waals surface area contributed by atoms with Crippen LogP contribution in [0.3, 0.4) is 0 Å². The molecular weight excluding hydrogens is 366 g/mol. The van der Waals surface area contributed by atoms with Crippen molar-refractivity contribution in [2.75, 3.05) is 0 Å². The summed E-state index contributed by atoms with van der Waals surface area (Å²) in [6.45, 7) is 9.23. The number of nitrogens with one attached hydrogen (secondary N) is 1. The van der Waals surface area contributed by atoms with Gasteiger partial charge in [-0.1, -0.05) is 118 Å². The maximum Gasteiger partial charge on any atom is 0.204 e. The highest BCUT2D eigenvalue weighted by atomic mass is 28.3. The van der Waals surface area contributed by atoms with Gasteiger partial charge in [0.2, 0.25) is 8.24 Å². The summed E-state index contributed by atoms with van der Waals surface area (Å²) >= 11 is 0. The van der Waals surface area contributed by atoms with Gasteiger partial charge in [-0.3, -0.25) is 0 Å². The largest absolute Gasteiger partial charge is 0.325 e. The van der Waals surface area contributed by atoms with Crippen LogP contribution in [0.15, 0.2) is 85.0 Å². The molecular formula is C27H37NSi. The molecule has 1 nitrogen and oxygen atoms in total. The number of rotatable bonds is 9. The minimum Gasteiger partial charge on any atom is -0.325 e. The van der Waals surface area contributed by atoms with E-state index < -0.39 is 8.24 Å². The molecule has 0 bridgehead atoms. The Labute approximate surface area is 179 Å². The summed E-state index contributed by atoms with van der Waals surface area (Å²) in [5.41, 5.74) is 0.0125. The van der Waals surface area contributed by atoms with Crippen molar-refractivity contribution in [2.45, 2.75) is 70.4 Å². The Morgan fingerprint density at radius 1 is 0.759 bits per heavy atom. The van der Waals surface area contributed by atoms with Crippen LogP contribution in [-0.2, 0) is 0 Å². The molecule has 2 aromatic carbocycles. The van der Waals surface area contributed by atoms with Gasteiger partial charge in [0.15, 0.2) is 0 Å². The van der Waals surface area contributed by atoms with Crippen molar-refractivity contribution in [3.8, 4) is 0 Å². The quantitative estimate of drug-likeness (QED) is 0.402. The number of allylic oxidation sites excluding steroid dienone is 4. The fourth-order valence-electron chi connectivity index (χ4n) is 4.86. The molecule has 1 aliphatic carbocycles. The van der Waals surface area contributed by atoms with Gasteiger partial charge in [0.1, 0.15) is 0 Å². The van der Waals surface area contributed by atoms with Crippen LogP contribution >= 0.6 is 0 Å². The van der Waals surface area contributed by atoms with Gasteiger partial charge in [-0.25, -0.2) is 0 Å². The molecule has 154 valence electrons. The third-order valence-electron chi connectivity index (χ3n) is 6.02. The molecule has 0 heterocycles. The summed E-state index contributed by atoms with van der Waals surface area (Å²) in [4.78, 5) is 4.26. The molecule has 0 aromatic heterocycles. The number of hydrogen-bond donors (Lipinski definition) is 1. The van der Waals surface area contributed by atoms with Crippen LogP contribution in [0, 0.1) is 0 Å². The number of unbranched alkanes of at least 4 members (excludes halogenated alkanes) is 3. The third-order valence-corrected chi connectivity index (χ3v) is 11.5. The smallest absolute Gasteiger partial charge is 0.204 e. The summed E-state index contributed by atoms with van der Waals surface area (Å²) < 4.78 is 0. The minimum atomic E-state index is -2.38. The lowest BCUT2D eigenvalue weighted by Gasteiger charge is -2.50. The van der Waals surface area contributed by atoms with E-state index in [4.69, 9.17) is 0 Å². The van der Waals surface area contributed by atoms with Gasteiger partial charge in [0.05, 0.1) is 0 Å². The summed E-state index contributed by atoms with van der Waals surface area (Å²) in [5, 5.41) is 2.97. The zero-order valence-corrected chi connectivity index (χ0v) is 19.6. The van der Waals surface area contributed by atoms with Crippen LogP contribution < -0.4 is 15.4 Å². The Bertz CT molecular complexity index is 763. The average molecular weight is 404 g/mol. The van der Waals surface area contributed by atoms with Crippen LogP contribution in [0.2, 0.25) is 5.04 Å². The van der Waals surface area contributed by atoms with Crippen LogP contribution in [0.25, 0.3) is 0 Å². The number of hydrogen-bond acceptors (Lipinski definition) is 1. The molecule has 1 aliphatic rings. The van der Waals surface area contributed by atoms with E-state index in [0.717, 1.165) is 0 Å². The molecule has 0 amide bonds. The molecule has 2 aromatic rings. The van der Waals surface area contributed by atoms with Crippen molar-refractivity contribution in [1.29, 1.82) is 0 Å². The zero-order chi connectivity index (χ0) is 20.8. The maximum absolute atomic E-state index is 4.26. The predicted octanol–water partition coefficient (Wildman–Crippen LogP) is 5.97. The maximum atomic E-state index is 4.26. The van der Waals surface area contributed by atoms with Crippen molar-refractivity contribution in [3.63, 3.8) is 0 Å². The molecule has 0 spiro atoms. The first-order chi connectivity index (χ1) is 13.9. The Hall–Kier alpha value is -1.90. The molecule has 0 atom stereocenters. The van der Waals surface area contributed by atoms with Crippen LogP contribution in [-0.4, -0.2) is 13.8 Å². The van der Waals surface area contributed by atoms with E-state index in [1.54, 1.807) is 0 Å². The van der Waals surface area contributed by atoms with Crippen molar-refractivity contribution in [1.82, 2.24) is 4.98 Å². The number of benzene rings is 2. The molecule has 0 aliphatic heterocycles. The molecule has 2 heteroatoms. The normalized spacial score (nSPS) is 15.7. The van der Waals surface area contributed by atoms with Gasteiger partial charge in [0.25, 0.3) is 0 Å². The van der Waals surface area contributed by atoms with E-state index in [2.05, 4.69) is 118 Å². The second kappa shape index (κ2) is 9.28. The van der Waals surface area contributed by atoms with Crippen molar-refractivity contribution in [2.24, 2.45) is 0 Å². The van der Waals surface area contributed by atoms with Crippen molar-refractivity contribution < 1.29 is 0 Å². The van der Waals surface area contributed by atoms with Crippen LogP contribution in [0.5, 0.6) is 0 Å². The Balaban J connectivity index is 2.22. The first-order valence-corrected chi connectivity index (χ1v) is 13.2. The first kappa shape index (κ1) is 21.8. The van der Waals surface area contributed by atoms with Gasteiger partial charge >= 0.3 is 0 Å². The van der Waals surface area contributed by atoms with Gasteiger partial charge in [0, 0.05) is 10.6 Å². The third kappa shape index (κ3) is 4.65. The highest BCUT2D eigenvalue weighted by Gasteiger charge is 2.55. The van der Waals surface area contributed by atoms with Gasteiger partial charge in [-0.2, -0.15) is 0 Å². The van der Waals surface area contributed by atoms with E-state index in [1.165, 1.54) is 42.5 Å². The van der Waals surface area contributed by atoms with Gasteiger partial charge < -0.3 is 4.98 Å². The van der Waals surface area contributed by atoms with E-state index >= 15 is 0 Å². The van der Waals surface area contributed by atoms with Crippen molar-refractivity contribution in [3.05, 3.63) is 85.0 Å². The lowest BCUT2D eigenvalue weighted by molar-refractivity contribution is 0.498. The van der Waals surface area contributed by atoms with E-state index in [1.807, 2.05) is 0 Å². The molecule has 0 saturated heterocycles. The first-order valence-electron chi connectivity index (χ1n) is 11.2. The lowest BCUT2D eigenvalue weighted by Crippen LogP contribution is -2.77.